The highest BCUT2D eigenvalue weighted by Gasteiger charge is 2.53. The van der Waals surface area contributed by atoms with Crippen molar-refractivity contribution < 1.29 is 0 Å². The van der Waals surface area contributed by atoms with Gasteiger partial charge in [-0.05, 0) is 61.5 Å². The van der Waals surface area contributed by atoms with E-state index in [1.165, 1.54) is 38.6 Å². The maximum atomic E-state index is 3.72. The van der Waals surface area contributed by atoms with Gasteiger partial charge in [-0.25, -0.2) is 0 Å². The highest BCUT2D eigenvalue weighted by molar-refractivity contribution is 7.11. The zero-order valence-electron chi connectivity index (χ0n) is 12.5. The summed E-state index contributed by atoms with van der Waals surface area (Å²) in [5, 5.41) is 3.72. The molecule has 2 saturated carbocycles. The number of fused-ring (bicyclic) bond motifs is 1. The SMILES string of the molecule is CCc1ccc(CC2(CNC(C)C)CC3CC3C2)s1. The molecule has 0 saturated heterocycles. The first kappa shape index (κ1) is 13.6. The second-order valence-corrected chi connectivity index (χ2v) is 8.35. The number of nitrogens with one attached hydrogen (secondary N) is 1. The lowest BCUT2D eigenvalue weighted by Gasteiger charge is -2.32. The van der Waals surface area contributed by atoms with Crippen molar-refractivity contribution in [3.05, 3.63) is 21.9 Å². The molecule has 0 aliphatic heterocycles. The Morgan fingerprint density at radius 3 is 2.53 bits per heavy atom. The molecule has 0 bridgehead atoms. The van der Waals surface area contributed by atoms with Gasteiger partial charge in [0.05, 0.1) is 0 Å². The Bertz CT molecular complexity index is 424. The van der Waals surface area contributed by atoms with Crippen LogP contribution in [0.1, 0.15) is 49.8 Å². The summed E-state index contributed by atoms with van der Waals surface area (Å²) >= 11 is 2.04. The molecule has 2 fully saturated rings. The molecule has 1 heterocycles. The first-order valence-corrected chi connectivity index (χ1v) is 8.73. The fourth-order valence-electron chi connectivity index (χ4n) is 3.85. The molecular weight excluding hydrogens is 250 g/mol. The first-order valence-electron chi connectivity index (χ1n) is 7.91. The van der Waals surface area contributed by atoms with E-state index in [0.29, 0.717) is 11.5 Å². The number of hydrogen-bond acceptors (Lipinski definition) is 2. The van der Waals surface area contributed by atoms with Crippen molar-refractivity contribution in [3.63, 3.8) is 0 Å². The van der Waals surface area contributed by atoms with Gasteiger partial charge in [-0.2, -0.15) is 0 Å². The Kier molecular flexibility index (Phi) is 3.74. The Morgan fingerprint density at radius 1 is 1.26 bits per heavy atom. The zero-order valence-corrected chi connectivity index (χ0v) is 13.4. The summed E-state index contributed by atoms with van der Waals surface area (Å²) in [6.45, 7) is 8.01. The van der Waals surface area contributed by atoms with Crippen LogP contribution in [0.3, 0.4) is 0 Å². The highest BCUT2D eigenvalue weighted by Crippen LogP contribution is 2.60. The van der Waals surface area contributed by atoms with Crippen molar-refractivity contribution in [2.24, 2.45) is 17.3 Å². The van der Waals surface area contributed by atoms with E-state index in [2.05, 4.69) is 38.2 Å². The summed E-state index contributed by atoms with van der Waals surface area (Å²) < 4.78 is 0. The molecule has 2 aliphatic rings. The van der Waals surface area contributed by atoms with Crippen LogP contribution in [0.5, 0.6) is 0 Å². The van der Waals surface area contributed by atoms with Crippen LogP contribution < -0.4 is 5.32 Å². The summed E-state index contributed by atoms with van der Waals surface area (Å²) in [5.74, 6) is 2.14. The third kappa shape index (κ3) is 3.05. The van der Waals surface area contributed by atoms with Crippen LogP contribution in [0, 0.1) is 17.3 Å². The first-order chi connectivity index (χ1) is 9.10. The second kappa shape index (κ2) is 5.21. The van der Waals surface area contributed by atoms with Crippen molar-refractivity contribution in [2.75, 3.05) is 6.54 Å². The van der Waals surface area contributed by atoms with Crippen molar-refractivity contribution in [1.29, 1.82) is 0 Å². The van der Waals surface area contributed by atoms with Gasteiger partial charge in [-0.15, -0.1) is 11.3 Å². The average molecular weight is 277 g/mol. The van der Waals surface area contributed by atoms with E-state index in [4.69, 9.17) is 0 Å². The maximum Gasteiger partial charge on any atom is 0.00541 e. The third-order valence-corrected chi connectivity index (χ3v) is 6.19. The van der Waals surface area contributed by atoms with E-state index in [0.717, 1.165) is 11.8 Å². The quantitative estimate of drug-likeness (QED) is 0.819. The standard InChI is InChI=1S/C17H27NS/c1-4-15-5-6-16(19-15)10-17(11-18-12(2)3)8-13-7-14(13)9-17/h5-6,12-14,18H,4,7-11H2,1-3H3. The summed E-state index contributed by atoms with van der Waals surface area (Å²) in [5.41, 5.74) is 0.563. The molecule has 1 aromatic rings. The molecule has 1 aromatic heterocycles. The van der Waals surface area contributed by atoms with Crippen molar-refractivity contribution in [2.45, 2.75) is 58.9 Å². The fraction of sp³-hybridized carbons (Fsp3) is 0.765. The van der Waals surface area contributed by atoms with E-state index < -0.39 is 0 Å². The van der Waals surface area contributed by atoms with E-state index in [1.807, 2.05) is 11.3 Å². The van der Waals surface area contributed by atoms with Gasteiger partial charge in [0.15, 0.2) is 0 Å². The fourth-order valence-corrected chi connectivity index (χ4v) is 4.99. The van der Waals surface area contributed by atoms with Crippen LogP contribution >= 0.6 is 11.3 Å². The monoisotopic (exact) mass is 277 g/mol. The Labute approximate surface area is 121 Å². The topological polar surface area (TPSA) is 12.0 Å². The van der Waals surface area contributed by atoms with E-state index in [9.17, 15) is 0 Å². The summed E-state index contributed by atoms with van der Waals surface area (Å²) in [6, 6.07) is 5.33. The van der Waals surface area contributed by atoms with Gasteiger partial charge >= 0.3 is 0 Å². The van der Waals surface area contributed by atoms with Crippen molar-refractivity contribution >= 4 is 11.3 Å². The largest absolute Gasteiger partial charge is 0.314 e. The predicted molar refractivity (Wildman–Crippen MR) is 83.8 cm³/mol. The zero-order chi connectivity index (χ0) is 13.5. The molecule has 106 valence electrons. The smallest absolute Gasteiger partial charge is 0.00541 e. The molecule has 1 nitrogen and oxygen atoms in total. The Morgan fingerprint density at radius 2 is 1.95 bits per heavy atom. The van der Waals surface area contributed by atoms with Crippen molar-refractivity contribution in [1.82, 2.24) is 5.32 Å². The second-order valence-electron chi connectivity index (χ2n) is 7.10. The molecular formula is C17H27NS. The predicted octanol–water partition coefficient (Wildman–Crippen LogP) is 4.27. The van der Waals surface area contributed by atoms with E-state index in [-0.39, 0.29) is 0 Å². The molecule has 19 heavy (non-hydrogen) atoms. The minimum absolute atomic E-state index is 0.563. The van der Waals surface area contributed by atoms with Gasteiger partial charge < -0.3 is 5.32 Å². The lowest BCUT2D eigenvalue weighted by atomic mass is 9.79. The van der Waals surface area contributed by atoms with Gasteiger partial charge in [0.1, 0.15) is 0 Å². The van der Waals surface area contributed by atoms with Gasteiger partial charge in [-0.1, -0.05) is 20.8 Å². The van der Waals surface area contributed by atoms with Gasteiger partial charge in [0, 0.05) is 22.3 Å². The van der Waals surface area contributed by atoms with Crippen LogP contribution in [0.2, 0.25) is 0 Å². The maximum absolute atomic E-state index is 3.72. The molecule has 2 unspecified atom stereocenters. The van der Waals surface area contributed by atoms with Crippen LogP contribution in [0.25, 0.3) is 0 Å². The molecule has 0 spiro atoms. The summed E-state index contributed by atoms with van der Waals surface area (Å²) in [4.78, 5) is 3.16. The Hall–Kier alpha value is -0.340. The van der Waals surface area contributed by atoms with Crippen LogP contribution in [0.4, 0.5) is 0 Å². The number of rotatable bonds is 6. The lowest BCUT2D eigenvalue weighted by molar-refractivity contribution is 0.243. The number of hydrogen-bond donors (Lipinski definition) is 1. The molecule has 2 atom stereocenters. The number of thiophene rings is 1. The average Bonchev–Trinajstić information content (AvgIpc) is 2.81. The molecule has 2 aliphatic carbocycles. The van der Waals surface area contributed by atoms with Gasteiger partial charge in [0.2, 0.25) is 0 Å². The molecule has 1 N–H and O–H groups in total. The number of aryl methyl sites for hydroxylation is 1. The van der Waals surface area contributed by atoms with E-state index in [1.54, 1.807) is 9.75 Å². The Balaban J connectivity index is 1.68. The van der Waals surface area contributed by atoms with Crippen LogP contribution in [0.15, 0.2) is 12.1 Å². The summed E-state index contributed by atoms with van der Waals surface area (Å²) in [7, 11) is 0. The molecule has 0 aromatic carbocycles. The molecule has 0 amide bonds. The normalized spacial score (nSPS) is 32.8. The third-order valence-electron chi connectivity index (χ3n) is 4.96. The molecule has 2 heteroatoms. The minimum Gasteiger partial charge on any atom is -0.314 e. The van der Waals surface area contributed by atoms with Gasteiger partial charge in [-0.3, -0.25) is 0 Å². The van der Waals surface area contributed by atoms with Crippen LogP contribution in [-0.2, 0) is 12.8 Å². The molecule has 0 radical (unpaired) electrons. The highest BCUT2D eigenvalue weighted by atomic mass is 32.1. The van der Waals surface area contributed by atoms with E-state index >= 15 is 0 Å². The molecule has 3 rings (SSSR count). The van der Waals surface area contributed by atoms with Crippen molar-refractivity contribution in [3.8, 4) is 0 Å². The van der Waals surface area contributed by atoms with Crippen LogP contribution in [-0.4, -0.2) is 12.6 Å². The van der Waals surface area contributed by atoms with Gasteiger partial charge in [0.25, 0.3) is 0 Å². The summed E-state index contributed by atoms with van der Waals surface area (Å²) in [6.07, 6.45) is 6.96. The lowest BCUT2D eigenvalue weighted by Crippen LogP contribution is -2.38. The minimum atomic E-state index is 0.563.